The molecule has 2 atom stereocenters. The van der Waals surface area contributed by atoms with E-state index in [0.29, 0.717) is 6.04 Å². The zero-order chi connectivity index (χ0) is 18.1. The molecular formula is C19H27N5O2. The molecule has 0 aliphatic carbocycles. The van der Waals surface area contributed by atoms with Gasteiger partial charge in [-0.05, 0) is 61.1 Å². The minimum atomic E-state index is 0.129. The van der Waals surface area contributed by atoms with E-state index in [1.54, 1.807) is 0 Å². The number of tetrazole rings is 1. The van der Waals surface area contributed by atoms with Crippen LogP contribution >= 0.6 is 0 Å². The van der Waals surface area contributed by atoms with E-state index in [2.05, 4.69) is 52.5 Å². The number of hydrogen-bond donors (Lipinski definition) is 1. The summed E-state index contributed by atoms with van der Waals surface area (Å²) in [5.41, 5.74) is 3.38. The van der Waals surface area contributed by atoms with Gasteiger partial charge in [0, 0.05) is 25.3 Å². The molecular weight excluding hydrogens is 330 g/mol. The lowest BCUT2D eigenvalue weighted by Gasteiger charge is -2.38. The molecule has 2 aliphatic rings. The highest BCUT2D eigenvalue weighted by atomic mass is 16.5. The molecule has 2 aromatic rings. The minimum absolute atomic E-state index is 0.129. The lowest BCUT2D eigenvalue weighted by atomic mass is 10.0. The molecule has 2 fully saturated rings. The predicted octanol–water partition coefficient (Wildman–Crippen LogP) is 1.96. The van der Waals surface area contributed by atoms with E-state index < -0.39 is 0 Å². The Morgan fingerprint density at radius 3 is 2.54 bits per heavy atom. The Morgan fingerprint density at radius 1 is 1.12 bits per heavy atom. The molecule has 1 aromatic heterocycles. The summed E-state index contributed by atoms with van der Waals surface area (Å²) in [6, 6.07) is 6.96. The van der Waals surface area contributed by atoms with Gasteiger partial charge < -0.3 is 9.84 Å². The summed E-state index contributed by atoms with van der Waals surface area (Å²) < 4.78 is 7.45. The van der Waals surface area contributed by atoms with E-state index in [1.165, 1.54) is 0 Å². The number of para-hydroxylation sites is 1. The molecule has 0 bridgehead atoms. The van der Waals surface area contributed by atoms with Gasteiger partial charge in [0.15, 0.2) is 5.82 Å². The molecule has 0 spiro atoms. The molecule has 0 unspecified atom stereocenters. The second kappa shape index (κ2) is 7.42. The molecule has 2 aliphatic heterocycles. The van der Waals surface area contributed by atoms with Crippen LogP contribution in [0.15, 0.2) is 18.2 Å². The van der Waals surface area contributed by atoms with E-state index >= 15 is 0 Å². The molecule has 3 heterocycles. The maximum Gasteiger partial charge on any atom is 0.173 e. The number of nitrogens with zero attached hydrogens (tertiary/aromatic N) is 5. The minimum Gasteiger partial charge on any atom is -0.395 e. The van der Waals surface area contributed by atoms with Crippen LogP contribution in [-0.4, -0.2) is 62.1 Å². The van der Waals surface area contributed by atoms with Crippen molar-refractivity contribution >= 4 is 0 Å². The van der Waals surface area contributed by atoms with Crippen molar-refractivity contribution in [2.24, 2.45) is 0 Å². The molecule has 140 valence electrons. The van der Waals surface area contributed by atoms with Crippen LogP contribution in [0.1, 0.15) is 48.7 Å². The molecule has 1 aromatic carbocycles. The van der Waals surface area contributed by atoms with Gasteiger partial charge in [0.05, 0.1) is 18.3 Å². The topological polar surface area (TPSA) is 76.3 Å². The van der Waals surface area contributed by atoms with Gasteiger partial charge >= 0.3 is 0 Å². The Morgan fingerprint density at radius 2 is 1.85 bits per heavy atom. The maximum atomic E-state index is 9.93. The first-order valence-corrected chi connectivity index (χ1v) is 9.51. The van der Waals surface area contributed by atoms with Crippen LogP contribution in [0.25, 0.3) is 5.69 Å². The molecule has 0 amide bonds. The first kappa shape index (κ1) is 17.6. The second-order valence-electron chi connectivity index (χ2n) is 7.41. The van der Waals surface area contributed by atoms with Crippen LogP contribution in [-0.2, 0) is 4.74 Å². The summed E-state index contributed by atoms with van der Waals surface area (Å²) in [4.78, 5) is 2.46. The highest BCUT2D eigenvalue weighted by molar-refractivity contribution is 5.46. The smallest absolute Gasteiger partial charge is 0.173 e. The highest BCUT2D eigenvalue weighted by Crippen LogP contribution is 2.39. The predicted molar refractivity (Wildman–Crippen MR) is 97.2 cm³/mol. The Balaban J connectivity index is 1.72. The van der Waals surface area contributed by atoms with Crippen molar-refractivity contribution in [2.45, 2.75) is 57.7 Å². The molecule has 2 saturated heterocycles. The van der Waals surface area contributed by atoms with E-state index in [4.69, 9.17) is 4.74 Å². The highest BCUT2D eigenvalue weighted by Gasteiger charge is 2.41. The van der Waals surface area contributed by atoms with E-state index in [0.717, 1.165) is 61.5 Å². The van der Waals surface area contributed by atoms with Gasteiger partial charge in [-0.3, -0.25) is 4.90 Å². The fourth-order valence-electron chi connectivity index (χ4n) is 4.59. The van der Waals surface area contributed by atoms with Gasteiger partial charge in [0.1, 0.15) is 0 Å². The Labute approximate surface area is 154 Å². The third-order valence-corrected chi connectivity index (χ3v) is 5.82. The molecule has 26 heavy (non-hydrogen) atoms. The van der Waals surface area contributed by atoms with Gasteiger partial charge in [-0.25, -0.2) is 0 Å². The number of benzene rings is 1. The first-order valence-electron chi connectivity index (χ1n) is 9.51. The summed E-state index contributed by atoms with van der Waals surface area (Å²) >= 11 is 0. The SMILES string of the molecule is Cc1cccc(C)c1-n1nnnc1[C@H]1CC[C@@H](CO)N1C1CCOCC1. The quantitative estimate of drug-likeness (QED) is 0.901. The Bertz CT molecular complexity index is 736. The number of aromatic nitrogens is 4. The van der Waals surface area contributed by atoms with Crippen molar-refractivity contribution in [1.82, 2.24) is 25.1 Å². The van der Waals surface area contributed by atoms with E-state index in [1.807, 2.05) is 4.68 Å². The number of likely N-dealkylation sites (tertiary alicyclic amines) is 1. The fourth-order valence-corrected chi connectivity index (χ4v) is 4.59. The van der Waals surface area contributed by atoms with Gasteiger partial charge in [-0.1, -0.05) is 18.2 Å². The molecule has 1 N–H and O–H groups in total. The van der Waals surface area contributed by atoms with Crippen LogP contribution in [0.3, 0.4) is 0 Å². The van der Waals surface area contributed by atoms with Crippen molar-refractivity contribution in [3.8, 4) is 5.69 Å². The average molecular weight is 357 g/mol. The second-order valence-corrected chi connectivity index (χ2v) is 7.41. The zero-order valence-corrected chi connectivity index (χ0v) is 15.5. The molecule has 0 radical (unpaired) electrons. The van der Waals surface area contributed by atoms with Crippen LogP contribution in [0.5, 0.6) is 0 Å². The van der Waals surface area contributed by atoms with Gasteiger partial charge in [-0.2, -0.15) is 4.68 Å². The summed E-state index contributed by atoms with van der Waals surface area (Å²) in [7, 11) is 0. The van der Waals surface area contributed by atoms with Crippen molar-refractivity contribution in [1.29, 1.82) is 0 Å². The van der Waals surface area contributed by atoms with Gasteiger partial charge in [0.25, 0.3) is 0 Å². The van der Waals surface area contributed by atoms with Crippen LogP contribution in [0.4, 0.5) is 0 Å². The van der Waals surface area contributed by atoms with Crippen molar-refractivity contribution in [2.75, 3.05) is 19.8 Å². The number of hydrogen-bond acceptors (Lipinski definition) is 6. The van der Waals surface area contributed by atoms with Crippen molar-refractivity contribution in [3.63, 3.8) is 0 Å². The molecule has 4 rings (SSSR count). The monoisotopic (exact) mass is 357 g/mol. The largest absolute Gasteiger partial charge is 0.395 e. The average Bonchev–Trinajstić information content (AvgIpc) is 3.28. The molecule has 0 saturated carbocycles. The number of aliphatic hydroxyl groups excluding tert-OH is 1. The third kappa shape index (κ3) is 3.04. The summed E-state index contributed by atoms with van der Waals surface area (Å²) in [5, 5.41) is 22.7. The maximum absolute atomic E-state index is 9.93. The van der Waals surface area contributed by atoms with Gasteiger partial charge in [-0.15, -0.1) is 5.10 Å². The standard InChI is InChI=1S/C19H27N5O2/c1-13-4-3-5-14(2)18(13)24-19(20-21-22-24)17-7-6-16(12-25)23(17)15-8-10-26-11-9-15/h3-5,15-17,25H,6-12H2,1-2H3/t16-,17+/m0/s1. The lowest BCUT2D eigenvalue weighted by molar-refractivity contribution is 0.00107. The summed E-state index contributed by atoms with van der Waals surface area (Å²) in [6.07, 6.45) is 3.93. The summed E-state index contributed by atoms with van der Waals surface area (Å²) in [5.74, 6) is 0.879. The number of rotatable bonds is 4. The van der Waals surface area contributed by atoms with Crippen LogP contribution in [0.2, 0.25) is 0 Å². The van der Waals surface area contributed by atoms with Gasteiger partial charge in [0.2, 0.25) is 0 Å². The molecule has 7 heteroatoms. The number of aryl methyl sites for hydroxylation is 2. The summed E-state index contributed by atoms with van der Waals surface area (Å²) in [6.45, 7) is 5.94. The Hall–Kier alpha value is -1.83. The first-order chi connectivity index (χ1) is 12.7. The zero-order valence-electron chi connectivity index (χ0n) is 15.5. The van der Waals surface area contributed by atoms with Crippen LogP contribution in [0, 0.1) is 13.8 Å². The van der Waals surface area contributed by atoms with E-state index in [9.17, 15) is 5.11 Å². The van der Waals surface area contributed by atoms with Crippen molar-refractivity contribution < 1.29 is 9.84 Å². The van der Waals surface area contributed by atoms with Crippen LogP contribution < -0.4 is 0 Å². The normalized spacial score (nSPS) is 25.0. The lowest BCUT2D eigenvalue weighted by Crippen LogP contribution is -2.45. The third-order valence-electron chi connectivity index (χ3n) is 5.82. The number of ether oxygens (including phenoxy) is 1. The van der Waals surface area contributed by atoms with E-state index in [-0.39, 0.29) is 18.7 Å². The fraction of sp³-hybridized carbons (Fsp3) is 0.632. The Kier molecular flexibility index (Phi) is 5.02. The number of aliphatic hydroxyl groups is 1. The molecule has 7 nitrogen and oxygen atoms in total. The van der Waals surface area contributed by atoms with Crippen molar-refractivity contribution in [3.05, 3.63) is 35.2 Å².